The summed E-state index contributed by atoms with van der Waals surface area (Å²) in [7, 11) is 0. The molecule has 0 N–H and O–H groups in total. The van der Waals surface area contributed by atoms with Crippen LogP contribution in [0.1, 0.15) is 29.8 Å². The fraction of sp³-hybridized carbons (Fsp3) is 0.500. The second-order valence-electron chi connectivity index (χ2n) is 8.89. The summed E-state index contributed by atoms with van der Waals surface area (Å²) in [6.45, 7) is 10.3. The van der Waals surface area contributed by atoms with Gasteiger partial charge in [-0.1, -0.05) is 17.7 Å². The van der Waals surface area contributed by atoms with Crippen LogP contribution in [-0.2, 0) is 9.53 Å². The highest BCUT2D eigenvalue weighted by molar-refractivity contribution is 5.92. The summed E-state index contributed by atoms with van der Waals surface area (Å²) < 4.78 is 7.39. The van der Waals surface area contributed by atoms with Crippen LogP contribution in [0, 0.1) is 26.7 Å². The summed E-state index contributed by atoms with van der Waals surface area (Å²) >= 11 is 0. The quantitative estimate of drug-likeness (QED) is 0.631. The Labute approximate surface area is 188 Å². The van der Waals surface area contributed by atoms with E-state index < -0.39 is 0 Å². The number of carbonyl (C=O) groups excluding carboxylic acids is 1. The van der Waals surface area contributed by atoms with Crippen molar-refractivity contribution in [3.8, 4) is 5.69 Å². The highest BCUT2D eigenvalue weighted by Crippen LogP contribution is 2.32. The van der Waals surface area contributed by atoms with Gasteiger partial charge in [-0.3, -0.25) is 4.79 Å². The van der Waals surface area contributed by atoms with Gasteiger partial charge in [-0.05, 0) is 45.7 Å². The molecule has 3 aromatic rings. The van der Waals surface area contributed by atoms with Gasteiger partial charge in [0.1, 0.15) is 5.52 Å². The molecule has 8 nitrogen and oxygen atoms in total. The van der Waals surface area contributed by atoms with Gasteiger partial charge in [-0.15, -0.1) is 5.10 Å². The minimum Gasteiger partial charge on any atom is -0.378 e. The molecule has 0 unspecified atom stereocenters. The third-order valence-electron chi connectivity index (χ3n) is 6.66. The van der Waals surface area contributed by atoms with Crippen LogP contribution in [0.2, 0.25) is 0 Å². The maximum absolute atomic E-state index is 13.1. The number of hydrogen-bond acceptors (Lipinski definition) is 6. The molecule has 2 aromatic heterocycles. The predicted molar refractivity (Wildman–Crippen MR) is 123 cm³/mol. The molecule has 1 atom stereocenters. The molecular formula is C24H30N6O2. The Bertz CT molecular complexity index is 1130. The van der Waals surface area contributed by atoms with Gasteiger partial charge in [0.2, 0.25) is 5.91 Å². The maximum Gasteiger partial charge on any atom is 0.227 e. The molecule has 2 fully saturated rings. The summed E-state index contributed by atoms with van der Waals surface area (Å²) in [6, 6.07) is 8.36. The van der Waals surface area contributed by atoms with Crippen molar-refractivity contribution in [3.63, 3.8) is 0 Å². The average Bonchev–Trinajstić information content (AvgIpc) is 3.18. The van der Waals surface area contributed by atoms with Crippen molar-refractivity contribution in [2.45, 2.75) is 33.6 Å². The number of hydrogen-bond donors (Lipinski definition) is 0. The van der Waals surface area contributed by atoms with Crippen molar-refractivity contribution in [3.05, 3.63) is 41.2 Å². The van der Waals surface area contributed by atoms with Crippen LogP contribution in [0.3, 0.4) is 0 Å². The van der Waals surface area contributed by atoms with Gasteiger partial charge in [0.25, 0.3) is 0 Å². The minimum atomic E-state index is -0.0275. The van der Waals surface area contributed by atoms with Crippen LogP contribution >= 0.6 is 0 Å². The van der Waals surface area contributed by atoms with E-state index in [1.807, 2.05) is 16.5 Å². The van der Waals surface area contributed by atoms with E-state index in [-0.39, 0.29) is 11.8 Å². The van der Waals surface area contributed by atoms with E-state index in [0.29, 0.717) is 32.8 Å². The number of rotatable bonds is 3. The summed E-state index contributed by atoms with van der Waals surface area (Å²) in [5, 5.41) is 15.0. The fourth-order valence-electron chi connectivity index (χ4n) is 4.88. The number of aryl methyl sites for hydroxylation is 3. The van der Waals surface area contributed by atoms with Gasteiger partial charge in [-0.2, -0.15) is 10.2 Å². The lowest BCUT2D eigenvalue weighted by molar-refractivity contribution is -0.139. The molecule has 2 saturated heterocycles. The number of nitrogens with zero attached hydrogens (tertiary/aromatic N) is 6. The highest BCUT2D eigenvalue weighted by Gasteiger charge is 2.32. The lowest BCUT2D eigenvalue weighted by Crippen LogP contribution is -2.48. The van der Waals surface area contributed by atoms with Gasteiger partial charge >= 0.3 is 0 Å². The summed E-state index contributed by atoms with van der Waals surface area (Å²) in [6.07, 6.45) is 1.86. The Balaban J connectivity index is 1.48. The molecule has 0 aliphatic carbocycles. The molecule has 0 saturated carbocycles. The van der Waals surface area contributed by atoms with E-state index in [4.69, 9.17) is 9.84 Å². The Hall–Kier alpha value is -3.00. The molecule has 0 spiro atoms. The summed E-state index contributed by atoms with van der Waals surface area (Å²) in [4.78, 5) is 17.3. The molecule has 4 heterocycles. The van der Waals surface area contributed by atoms with Crippen LogP contribution < -0.4 is 4.90 Å². The number of piperidine rings is 1. The number of anilines is 1. The Morgan fingerprint density at radius 1 is 1.03 bits per heavy atom. The number of aromatic nitrogens is 4. The lowest BCUT2D eigenvalue weighted by Gasteiger charge is -2.36. The van der Waals surface area contributed by atoms with Gasteiger partial charge < -0.3 is 14.5 Å². The smallest absolute Gasteiger partial charge is 0.227 e. The first-order valence-corrected chi connectivity index (χ1v) is 11.4. The largest absolute Gasteiger partial charge is 0.378 e. The van der Waals surface area contributed by atoms with Crippen LogP contribution in [0.25, 0.3) is 16.6 Å². The molecule has 168 valence electrons. The number of carbonyl (C=O) groups is 1. The predicted octanol–water partition coefficient (Wildman–Crippen LogP) is 2.82. The first kappa shape index (κ1) is 20.9. The van der Waals surface area contributed by atoms with Crippen LogP contribution in [-0.4, -0.2) is 70.2 Å². The first-order chi connectivity index (χ1) is 15.5. The van der Waals surface area contributed by atoms with Crippen molar-refractivity contribution >= 4 is 22.6 Å². The first-order valence-electron chi connectivity index (χ1n) is 11.4. The van der Waals surface area contributed by atoms with Crippen molar-refractivity contribution in [2.75, 3.05) is 44.3 Å². The van der Waals surface area contributed by atoms with Crippen molar-refractivity contribution in [2.24, 2.45) is 5.92 Å². The number of ether oxygens (including phenoxy) is 1. The van der Waals surface area contributed by atoms with Crippen LogP contribution in [0.4, 0.5) is 5.82 Å². The van der Waals surface area contributed by atoms with E-state index in [1.54, 1.807) is 0 Å². The topological polar surface area (TPSA) is 76.4 Å². The highest BCUT2D eigenvalue weighted by atomic mass is 16.5. The second-order valence-corrected chi connectivity index (χ2v) is 8.89. The second kappa shape index (κ2) is 8.50. The molecule has 8 heteroatoms. The van der Waals surface area contributed by atoms with Crippen molar-refractivity contribution in [1.82, 2.24) is 24.9 Å². The molecule has 2 aliphatic heterocycles. The normalized spacial score (nSPS) is 19.5. The van der Waals surface area contributed by atoms with E-state index in [1.165, 1.54) is 5.56 Å². The molecule has 1 aromatic carbocycles. The van der Waals surface area contributed by atoms with Crippen LogP contribution in [0.15, 0.2) is 24.3 Å². The van der Waals surface area contributed by atoms with Gasteiger partial charge in [-0.25, -0.2) is 4.68 Å². The van der Waals surface area contributed by atoms with E-state index in [2.05, 4.69) is 53.2 Å². The minimum absolute atomic E-state index is 0.0275. The molecule has 32 heavy (non-hydrogen) atoms. The SMILES string of the molecule is Cc1ccc(-n2nc3c(N4CCC[C@@H](C(=O)N5CCOCC5)C4)nnc(C)c3c2C)cc1. The number of fused-ring (bicyclic) bond motifs is 1. The van der Waals surface area contributed by atoms with Crippen LogP contribution in [0.5, 0.6) is 0 Å². The Morgan fingerprint density at radius 3 is 2.53 bits per heavy atom. The molecule has 5 rings (SSSR count). The molecular weight excluding hydrogens is 404 g/mol. The third kappa shape index (κ3) is 3.72. The molecule has 0 bridgehead atoms. The van der Waals surface area contributed by atoms with Gasteiger partial charge in [0.05, 0.1) is 41.6 Å². The van der Waals surface area contributed by atoms with Crippen molar-refractivity contribution < 1.29 is 9.53 Å². The van der Waals surface area contributed by atoms with E-state index in [0.717, 1.165) is 53.2 Å². The zero-order valence-electron chi connectivity index (χ0n) is 19.0. The average molecular weight is 435 g/mol. The molecule has 0 radical (unpaired) electrons. The Kier molecular flexibility index (Phi) is 5.55. The molecule has 1 amide bonds. The monoisotopic (exact) mass is 434 g/mol. The summed E-state index contributed by atoms with van der Waals surface area (Å²) in [5.74, 6) is 0.981. The van der Waals surface area contributed by atoms with E-state index in [9.17, 15) is 4.79 Å². The third-order valence-corrected chi connectivity index (χ3v) is 6.66. The Morgan fingerprint density at radius 2 is 1.78 bits per heavy atom. The molecule has 2 aliphatic rings. The zero-order valence-corrected chi connectivity index (χ0v) is 19.0. The van der Waals surface area contributed by atoms with Crippen molar-refractivity contribution in [1.29, 1.82) is 0 Å². The number of amides is 1. The number of morpholine rings is 1. The van der Waals surface area contributed by atoms with E-state index >= 15 is 0 Å². The standard InChI is InChI=1S/C24H30N6O2/c1-16-6-8-20(9-7-16)30-18(3)21-17(2)25-26-23(22(21)27-30)29-10-4-5-19(15-29)24(31)28-11-13-32-14-12-28/h6-9,19H,4-5,10-15H2,1-3H3/t19-/m1/s1. The lowest BCUT2D eigenvalue weighted by atomic mass is 9.96. The number of benzene rings is 1. The van der Waals surface area contributed by atoms with Gasteiger partial charge in [0.15, 0.2) is 5.82 Å². The zero-order chi connectivity index (χ0) is 22.2. The maximum atomic E-state index is 13.1. The summed E-state index contributed by atoms with van der Waals surface area (Å²) in [5.41, 5.74) is 5.02. The fourth-order valence-corrected chi connectivity index (χ4v) is 4.88. The van der Waals surface area contributed by atoms with Gasteiger partial charge in [0, 0.05) is 26.2 Å².